The predicted octanol–water partition coefficient (Wildman–Crippen LogP) is 2.55. The average molecular weight is 333 g/mol. The summed E-state index contributed by atoms with van der Waals surface area (Å²) in [5.74, 6) is 0.0331. The number of benzene rings is 1. The van der Waals surface area contributed by atoms with Gasteiger partial charge in [-0.05, 0) is 47.0 Å². The molecule has 2 rings (SSSR count). The molecule has 0 aliphatic carbocycles. The summed E-state index contributed by atoms with van der Waals surface area (Å²) < 4.78 is 10.2. The lowest BCUT2D eigenvalue weighted by Crippen LogP contribution is -2.35. The molecule has 23 heavy (non-hydrogen) atoms. The maximum Gasteiger partial charge on any atom is 0.311 e. The van der Waals surface area contributed by atoms with Crippen molar-refractivity contribution in [1.82, 2.24) is 5.32 Å². The van der Waals surface area contributed by atoms with Crippen molar-refractivity contribution < 1.29 is 19.1 Å². The van der Waals surface area contributed by atoms with Crippen LogP contribution in [0.5, 0.6) is 5.75 Å². The van der Waals surface area contributed by atoms with Crippen LogP contribution in [0, 0.1) is 0 Å². The molecule has 0 saturated heterocycles. The normalized spacial score (nSPS) is 11.6. The van der Waals surface area contributed by atoms with Crippen molar-refractivity contribution in [3.63, 3.8) is 0 Å². The second-order valence-corrected chi connectivity index (χ2v) is 5.79. The largest absolute Gasteiger partial charge is 0.497 e. The van der Waals surface area contributed by atoms with E-state index in [0.29, 0.717) is 6.54 Å². The molecule has 0 bridgehead atoms. The SMILES string of the molecule is COc1ccc(CNC(=O)C(C)OC(=O)Cc2ccsc2)cc1. The average Bonchev–Trinajstić information content (AvgIpc) is 3.05. The van der Waals surface area contributed by atoms with Gasteiger partial charge in [-0.2, -0.15) is 11.3 Å². The van der Waals surface area contributed by atoms with Crippen molar-refractivity contribution in [2.24, 2.45) is 0 Å². The molecule has 122 valence electrons. The van der Waals surface area contributed by atoms with Gasteiger partial charge >= 0.3 is 5.97 Å². The van der Waals surface area contributed by atoms with Gasteiger partial charge in [-0.1, -0.05) is 12.1 Å². The van der Waals surface area contributed by atoms with Crippen molar-refractivity contribution in [2.45, 2.75) is 26.0 Å². The van der Waals surface area contributed by atoms with Gasteiger partial charge in [0, 0.05) is 6.54 Å². The Labute approximate surface area is 139 Å². The summed E-state index contributed by atoms with van der Waals surface area (Å²) in [6, 6.07) is 9.25. The number of methoxy groups -OCH3 is 1. The minimum atomic E-state index is -0.820. The van der Waals surface area contributed by atoms with E-state index in [0.717, 1.165) is 16.9 Å². The molecule has 0 aliphatic heterocycles. The molecule has 1 N–H and O–H groups in total. The number of thiophene rings is 1. The van der Waals surface area contributed by atoms with Crippen LogP contribution in [0.4, 0.5) is 0 Å². The second-order valence-electron chi connectivity index (χ2n) is 5.01. The fourth-order valence-electron chi connectivity index (χ4n) is 1.93. The summed E-state index contributed by atoms with van der Waals surface area (Å²) in [7, 11) is 1.60. The van der Waals surface area contributed by atoms with Crippen LogP contribution in [-0.2, 0) is 27.3 Å². The molecule has 2 aromatic rings. The highest BCUT2D eigenvalue weighted by atomic mass is 32.1. The molecule has 0 fully saturated rings. The number of carbonyl (C=O) groups excluding carboxylic acids is 2. The van der Waals surface area contributed by atoms with Gasteiger partial charge in [0.25, 0.3) is 5.91 Å². The van der Waals surface area contributed by atoms with E-state index in [9.17, 15) is 9.59 Å². The van der Waals surface area contributed by atoms with Crippen LogP contribution < -0.4 is 10.1 Å². The zero-order valence-electron chi connectivity index (χ0n) is 13.1. The van der Waals surface area contributed by atoms with Crippen LogP contribution in [0.25, 0.3) is 0 Å². The number of amides is 1. The number of ether oxygens (including phenoxy) is 2. The number of nitrogens with one attached hydrogen (secondary N) is 1. The van der Waals surface area contributed by atoms with Crippen LogP contribution in [0.15, 0.2) is 41.1 Å². The van der Waals surface area contributed by atoms with Gasteiger partial charge < -0.3 is 14.8 Å². The van der Waals surface area contributed by atoms with E-state index in [1.54, 1.807) is 14.0 Å². The number of hydrogen-bond acceptors (Lipinski definition) is 5. The monoisotopic (exact) mass is 333 g/mol. The molecule has 0 radical (unpaired) electrons. The van der Waals surface area contributed by atoms with Crippen molar-refractivity contribution >= 4 is 23.2 Å². The van der Waals surface area contributed by atoms with Gasteiger partial charge in [0.05, 0.1) is 13.5 Å². The Bertz CT molecular complexity index is 637. The highest BCUT2D eigenvalue weighted by Crippen LogP contribution is 2.11. The quantitative estimate of drug-likeness (QED) is 0.791. The third-order valence-electron chi connectivity index (χ3n) is 3.23. The molecule has 0 saturated carbocycles. The van der Waals surface area contributed by atoms with Gasteiger partial charge in [-0.25, -0.2) is 0 Å². The molecule has 1 unspecified atom stereocenters. The van der Waals surface area contributed by atoms with E-state index < -0.39 is 12.1 Å². The lowest BCUT2D eigenvalue weighted by Gasteiger charge is -2.13. The third-order valence-corrected chi connectivity index (χ3v) is 3.96. The summed E-state index contributed by atoms with van der Waals surface area (Å²) in [4.78, 5) is 23.7. The molecule has 1 amide bonds. The molecular weight excluding hydrogens is 314 g/mol. The third kappa shape index (κ3) is 5.41. The zero-order valence-corrected chi connectivity index (χ0v) is 13.9. The summed E-state index contributed by atoms with van der Waals surface area (Å²) in [5, 5.41) is 6.53. The lowest BCUT2D eigenvalue weighted by molar-refractivity contribution is -0.154. The highest BCUT2D eigenvalue weighted by Gasteiger charge is 2.17. The highest BCUT2D eigenvalue weighted by molar-refractivity contribution is 7.07. The summed E-state index contributed by atoms with van der Waals surface area (Å²) in [5.41, 5.74) is 1.83. The molecule has 1 heterocycles. The van der Waals surface area contributed by atoms with E-state index in [-0.39, 0.29) is 12.3 Å². The molecule has 0 spiro atoms. The first-order chi connectivity index (χ1) is 11.1. The zero-order chi connectivity index (χ0) is 16.7. The van der Waals surface area contributed by atoms with Crippen LogP contribution >= 0.6 is 11.3 Å². The Morgan fingerprint density at radius 3 is 2.52 bits per heavy atom. The molecule has 0 aliphatic rings. The van der Waals surface area contributed by atoms with E-state index in [4.69, 9.17) is 9.47 Å². The summed E-state index contributed by atoms with van der Waals surface area (Å²) >= 11 is 1.52. The van der Waals surface area contributed by atoms with Gasteiger partial charge in [0.15, 0.2) is 6.10 Å². The van der Waals surface area contributed by atoms with Crippen LogP contribution in [0.2, 0.25) is 0 Å². The number of esters is 1. The molecular formula is C17H19NO4S. The smallest absolute Gasteiger partial charge is 0.311 e. The molecule has 1 atom stereocenters. The maximum absolute atomic E-state index is 12.0. The lowest BCUT2D eigenvalue weighted by atomic mass is 10.2. The Hall–Kier alpha value is -2.34. The minimum absolute atomic E-state index is 0.180. The van der Waals surface area contributed by atoms with E-state index >= 15 is 0 Å². The molecule has 6 heteroatoms. The number of hydrogen-bond donors (Lipinski definition) is 1. The fraction of sp³-hybridized carbons (Fsp3) is 0.294. The topological polar surface area (TPSA) is 64.6 Å². The van der Waals surface area contributed by atoms with Crippen LogP contribution in [0.1, 0.15) is 18.1 Å². The van der Waals surface area contributed by atoms with Gasteiger partial charge in [-0.3, -0.25) is 9.59 Å². The van der Waals surface area contributed by atoms with Crippen molar-refractivity contribution in [1.29, 1.82) is 0 Å². The number of rotatable bonds is 7. The van der Waals surface area contributed by atoms with E-state index in [2.05, 4.69) is 5.32 Å². The summed E-state index contributed by atoms with van der Waals surface area (Å²) in [6.45, 7) is 1.93. The van der Waals surface area contributed by atoms with Crippen LogP contribution in [-0.4, -0.2) is 25.1 Å². The van der Waals surface area contributed by atoms with E-state index in [1.807, 2.05) is 41.1 Å². The van der Waals surface area contributed by atoms with Crippen molar-refractivity contribution in [2.75, 3.05) is 7.11 Å². The van der Waals surface area contributed by atoms with Crippen molar-refractivity contribution in [3.8, 4) is 5.75 Å². The Balaban J connectivity index is 1.76. The van der Waals surface area contributed by atoms with Gasteiger partial charge in [0.1, 0.15) is 5.75 Å². The first-order valence-electron chi connectivity index (χ1n) is 7.19. The summed E-state index contributed by atoms with van der Waals surface area (Å²) in [6.07, 6.45) is -0.640. The molecule has 1 aromatic heterocycles. The predicted molar refractivity (Wildman–Crippen MR) is 88.4 cm³/mol. The number of carbonyl (C=O) groups is 2. The Kier molecular flexibility index (Phi) is 6.17. The van der Waals surface area contributed by atoms with Crippen molar-refractivity contribution in [3.05, 3.63) is 52.2 Å². The first kappa shape index (κ1) is 17.0. The first-order valence-corrected chi connectivity index (χ1v) is 8.14. The Morgan fingerprint density at radius 1 is 1.17 bits per heavy atom. The molecule has 1 aromatic carbocycles. The van der Waals surface area contributed by atoms with Crippen LogP contribution in [0.3, 0.4) is 0 Å². The molecule has 5 nitrogen and oxygen atoms in total. The minimum Gasteiger partial charge on any atom is -0.497 e. The van der Waals surface area contributed by atoms with E-state index in [1.165, 1.54) is 11.3 Å². The standard InChI is InChI=1S/C17H19NO4S/c1-12(22-16(19)9-14-7-8-23-11-14)17(20)18-10-13-3-5-15(21-2)6-4-13/h3-8,11-12H,9-10H2,1-2H3,(H,18,20). The Morgan fingerprint density at radius 2 is 1.91 bits per heavy atom. The van der Waals surface area contributed by atoms with Gasteiger partial charge in [-0.15, -0.1) is 0 Å². The van der Waals surface area contributed by atoms with Gasteiger partial charge in [0.2, 0.25) is 0 Å². The second kappa shape index (κ2) is 8.33. The fourth-order valence-corrected chi connectivity index (χ4v) is 2.60. The maximum atomic E-state index is 12.0.